The summed E-state index contributed by atoms with van der Waals surface area (Å²) in [6.07, 6.45) is 0. The molecule has 0 aromatic heterocycles. The van der Waals surface area contributed by atoms with Crippen molar-refractivity contribution < 1.29 is 19.5 Å². The summed E-state index contributed by atoms with van der Waals surface area (Å²) in [4.78, 5) is 14.9. The summed E-state index contributed by atoms with van der Waals surface area (Å²) in [6, 6.07) is 15.2. The van der Waals surface area contributed by atoms with E-state index in [9.17, 15) is 9.90 Å². The number of hydrogen-bond donors (Lipinski definition) is 1. The zero-order valence-corrected chi connectivity index (χ0v) is 13.8. The minimum Gasteiger partial charge on any atom is -0.545 e. The van der Waals surface area contributed by atoms with Crippen LogP contribution in [0.5, 0.6) is 5.75 Å². The van der Waals surface area contributed by atoms with Gasteiger partial charge in [0.15, 0.2) is 0 Å². The number of anilines is 1. The maximum Gasteiger partial charge on any atom is 0.142 e. The van der Waals surface area contributed by atoms with Gasteiger partial charge >= 0.3 is 0 Å². The number of quaternary nitrogens is 1. The van der Waals surface area contributed by atoms with E-state index in [2.05, 4.69) is 11.0 Å². The molecule has 24 heavy (non-hydrogen) atoms. The summed E-state index contributed by atoms with van der Waals surface area (Å²) in [6.45, 7) is 4.47. The van der Waals surface area contributed by atoms with Gasteiger partial charge in [0, 0.05) is 11.1 Å². The number of piperazine rings is 1. The number of benzene rings is 2. The van der Waals surface area contributed by atoms with Gasteiger partial charge in [-0.1, -0.05) is 36.4 Å². The highest BCUT2D eigenvalue weighted by Crippen LogP contribution is 2.27. The van der Waals surface area contributed by atoms with E-state index in [1.807, 2.05) is 30.3 Å². The fraction of sp³-hybridized carbons (Fsp3) is 0.316. The molecule has 1 aliphatic rings. The molecule has 5 heteroatoms. The minimum atomic E-state index is -1.10. The second kappa shape index (κ2) is 7.36. The lowest BCUT2D eigenvalue weighted by atomic mass is 10.1. The normalized spacial score (nSPS) is 15.3. The van der Waals surface area contributed by atoms with E-state index in [-0.39, 0.29) is 0 Å². The van der Waals surface area contributed by atoms with Crippen LogP contribution < -0.4 is 19.6 Å². The van der Waals surface area contributed by atoms with Crippen molar-refractivity contribution in [2.24, 2.45) is 0 Å². The van der Waals surface area contributed by atoms with E-state index in [1.54, 1.807) is 19.2 Å². The second-order valence-electron chi connectivity index (χ2n) is 6.03. The van der Waals surface area contributed by atoms with E-state index in [0.29, 0.717) is 12.1 Å². The molecule has 2 aromatic carbocycles. The van der Waals surface area contributed by atoms with Crippen molar-refractivity contribution in [1.82, 2.24) is 0 Å². The first kappa shape index (κ1) is 16.3. The van der Waals surface area contributed by atoms with Gasteiger partial charge < -0.3 is 24.4 Å². The average Bonchev–Trinajstić information content (AvgIpc) is 2.62. The maximum atomic E-state index is 11.2. The third-order valence-corrected chi connectivity index (χ3v) is 4.57. The van der Waals surface area contributed by atoms with E-state index in [0.717, 1.165) is 43.2 Å². The lowest BCUT2D eigenvalue weighted by Crippen LogP contribution is -3.13. The Bertz CT molecular complexity index is 709. The highest BCUT2D eigenvalue weighted by atomic mass is 16.5. The van der Waals surface area contributed by atoms with Crippen LogP contribution in [0.2, 0.25) is 0 Å². The van der Waals surface area contributed by atoms with Crippen LogP contribution in [0.4, 0.5) is 5.69 Å². The maximum absolute atomic E-state index is 11.2. The van der Waals surface area contributed by atoms with Gasteiger partial charge in [-0.25, -0.2) is 0 Å². The van der Waals surface area contributed by atoms with Gasteiger partial charge in [0.1, 0.15) is 12.3 Å². The number of carbonyl (C=O) groups is 1. The molecule has 1 N–H and O–H groups in total. The van der Waals surface area contributed by atoms with Gasteiger partial charge in [0.25, 0.3) is 0 Å². The van der Waals surface area contributed by atoms with E-state index < -0.39 is 5.97 Å². The van der Waals surface area contributed by atoms with E-state index in [4.69, 9.17) is 4.74 Å². The zero-order chi connectivity index (χ0) is 16.9. The molecule has 0 amide bonds. The molecular formula is C19H22N2O3. The summed E-state index contributed by atoms with van der Waals surface area (Å²) in [5, 5.41) is 11.2. The van der Waals surface area contributed by atoms with Crippen LogP contribution in [0.3, 0.4) is 0 Å². The molecule has 1 fully saturated rings. The molecular weight excluding hydrogens is 304 g/mol. The van der Waals surface area contributed by atoms with Crippen LogP contribution in [-0.4, -0.2) is 39.3 Å². The predicted octanol–water partition coefficient (Wildman–Crippen LogP) is -0.0362. The molecule has 0 aliphatic carbocycles. The molecule has 1 aliphatic heterocycles. The molecule has 2 aromatic rings. The zero-order valence-electron chi connectivity index (χ0n) is 13.8. The fourth-order valence-corrected chi connectivity index (χ4v) is 3.27. The number of carboxylic acid groups (broad SMARTS) is 1. The highest BCUT2D eigenvalue weighted by Gasteiger charge is 2.22. The number of carboxylic acids is 1. The van der Waals surface area contributed by atoms with Crippen molar-refractivity contribution in [3.63, 3.8) is 0 Å². The smallest absolute Gasteiger partial charge is 0.142 e. The first-order valence-electron chi connectivity index (χ1n) is 8.20. The molecule has 3 rings (SSSR count). The molecule has 0 bridgehead atoms. The molecule has 0 unspecified atom stereocenters. The number of aromatic carboxylic acids is 1. The Kier molecular flexibility index (Phi) is 5.01. The van der Waals surface area contributed by atoms with Crippen molar-refractivity contribution >= 4 is 11.7 Å². The largest absolute Gasteiger partial charge is 0.545 e. The Morgan fingerprint density at radius 3 is 2.50 bits per heavy atom. The quantitative estimate of drug-likeness (QED) is 0.838. The van der Waals surface area contributed by atoms with E-state index >= 15 is 0 Å². The standard InChI is InChI=1S/C19H22N2O3/c1-24-18-9-5-4-8-17(18)21-12-10-20(11-13-21)14-15-6-2-3-7-16(15)19(22)23/h2-9H,10-14H2,1H3,(H,22,23). The number of nitrogens with zero attached hydrogens (tertiary/aromatic N) is 1. The Morgan fingerprint density at radius 1 is 1.12 bits per heavy atom. The van der Waals surface area contributed by atoms with Crippen molar-refractivity contribution in [3.05, 3.63) is 59.7 Å². The number of ether oxygens (including phenoxy) is 1. The first-order chi connectivity index (χ1) is 11.7. The van der Waals surface area contributed by atoms with Crippen LogP contribution >= 0.6 is 0 Å². The first-order valence-corrected chi connectivity index (χ1v) is 8.20. The highest BCUT2D eigenvalue weighted by molar-refractivity contribution is 5.87. The summed E-state index contributed by atoms with van der Waals surface area (Å²) >= 11 is 0. The Balaban J connectivity index is 1.65. The van der Waals surface area contributed by atoms with E-state index in [1.165, 1.54) is 4.90 Å². The van der Waals surface area contributed by atoms with Crippen molar-refractivity contribution in [3.8, 4) is 5.75 Å². The Labute approximate surface area is 142 Å². The fourth-order valence-electron chi connectivity index (χ4n) is 3.27. The van der Waals surface area contributed by atoms with Gasteiger partial charge in [0.05, 0.1) is 44.9 Å². The van der Waals surface area contributed by atoms with Crippen LogP contribution in [0.1, 0.15) is 15.9 Å². The van der Waals surface area contributed by atoms with Crippen LogP contribution in [-0.2, 0) is 6.54 Å². The number of rotatable bonds is 5. The monoisotopic (exact) mass is 326 g/mol. The lowest BCUT2D eigenvalue weighted by molar-refractivity contribution is -0.914. The van der Waals surface area contributed by atoms with Crippen LogP contribution in [0, 0.1) is 0 Å². The number of methoxy groups -OCH3 is 1. The molecule has 0 spiro atoms. The molecule has 1 saturated heterocycles. The number of para-hydroxylation sites is 2. The SMILES string of the molecule is COc1ccccc1N1CC[NH+](Cc2ccccc2C(=O)[O-])CC1. The summed E-state index contributed by atoms with van der Waals surface area (Å²) in [5.74, 6) is -0.207. The Morgan fingerprint density at radius 2 is 1.79 bits per heavy atom. The van der Waals surface area contributed by atoms with Crippen molar-refractivity contribution in [2.75, 3.05) is 38.2 Å². The van der Waals surface area contributed by atoms with Gasteiger partial charge in [0.2, 0.25) is 0 Å². The van der Waals surface area contributed by atoms with Gasteiger partial charge in [-0.3, -0.25) is 0 Å². The molecule has 5 nitrogen and oxygen atoms in total. The summed E-state index contributed by atoms with van der Waals surface area (Å²) in [7, 11) is 1.69. The molecule has 1 heterocycles. The number of nitrogens with one attached hydrogen (secondary N) is 1. The second-order valence-corrected chi connectivity index (χ2v) is 6.03. The van der Waals surface area contributed by atoms with Gasteiger partial charge in [-0.2, -0.15) is 0 Å². The van der Waals surface area contributed by atoms with Crippen LogP contribution in [0.15, 0.2) is 48.5 Å². The molecule has 0 radical (unpaired) electrons. The lowest BCUT2D eigenvalue weighted by Gasteiger charge is -2.34. The molecule has 126 valence electrons. The minimum absolute atomic E-state index is 0.303. The van der Waals surface area contributed by atoms with Crippen LogP contribution in [0.25, 0.3) is 0 Å². The van der Waals surface area contributed by atoms with Gasteiger partial charge in [-0.15, -0.1) is 0 Å². The average molecular weight is 326 g/mol. The predicted molar refractivity (Wildman–Crippen MR) is 90.4 cm³/mol. The third kappa shape index (κ3) is 3.51. The number of hydrogen-bond acceptors (Lipinski definition) is 4. The van der Waals surface area contributed by atoms with Gasteiger partial charge in [-0.05, 0) is 12.1 Å². The topological polar surface area (TPSA) is 57.0 Å². The molecule has 0 atom stereocenters. The number of carbonyl (C=O) groups excluding carboxylic acids is 1. The summed E-state index contributed by atoms with van der Waals surface area (Å²) in [5.41, 5.74) is 2.27. The van der Waals surface area contributed by atoms with Crippen molar-refractivity contribution in [1.29, 1.82) is 0 Å². The van der Waals surface area contributed by atoms with Crippen molar-refractivity contribution in [2.45, 2.75) is 6.54 Å². The molecule has 0 saturated carbocycles. The third-order valence-electron chi connectivity index (χ3n) is 4.57. The Hall–Kier alpha value is -2.53. The summed E-state index contributed by atoms with van der Waals surface area (Å²) < 4.78 is 5.44.